The third-order valence-electron chi connectivity index (χ3n) is 4.27. The van der Waals surface area contributed by atoms with E-state index in [2.05, 4.69) is 4.98 Å². The molecule has 5 nitrogen and oxygen atoms in total. The minimum Gasteiger partial charge on any atom is -0.341 e. The number of nitrogens with two attached hydrogens (primary N) is 1. The van der Waals surface area contributed by atoms with Gasteiger partial charge in [0.05, 0.1) is 11.0 Å². The van der Waals surface area contributed by atoms with Crippen molar-refractivity contribution in [2.45, 2.75) is 39.9 Å². The van der Waals surface area contributed by atoms with E-state index in [1.54, 1.807) is 20.9 Å². The molecular formula is C18H25F3N4O. The van der Waals surface area contributed by atoms with Crippen molar-refractivity contribution in [2.24, 2.45) is 11.1 Å². The van der Waals surface area contributed by atoms with Crippen LogP contribution in [0.25, 0.3) is 11.0 Å². The monoisotopic (exact) mass is 370 g/mol. The molecule has 2 aromatic rings. The number of carbonyl (C=O) groups is 1. The molecule has 0 aliphatic rings. The molecule has 1 amide bonds. The van der Waals surface area contributed by atoms with E-state index in [1.807, 2.05) is 13.8 Å². The Morgan fingerprint density at radius 1 is 1.31 bits per heavy atom. The topological polar surface area (TPSA) is 64.2 Å². The van der Waals surface area contributed by atoms with Crippen molar-refractivity contribution in [3.63, 3.8) is 0 Å². The number of carbonyl (C=O) groups excluding carboxylic acids is 1. The lowest BCUT2D eigenvalue weighted by Gasteiger charge is -2.29. The van der Waals surface area contributed by atoms with Gasteiger partial charge in [-0.2, -0.15) is 13.2 Å². The number of aromatic nitrogens is 2. The highest BCUT2D eigenvalue weighted by Crippen LogP contribution is 2.34. The number of fused-ring (bicyclic) bond motifs is 1. The van der Waals surface area contributed by atoms with Crippen LogP contribution in [0, 0.1) is 5.41 Å². The van der Waals surface area contributed by atoms with E-state index in [4.69, 9.17) is 5.73 Å². The lowest BCUT2D eigenvalue weighted by molar-refractivity contribution is -0.147. The van der Waals surface area contributed by atoms with Crippen molar-refractivity contribution in [3.05, 3.63) is 29.6 Å². The van der Waals surface area contributed by atoms with Gasteiger partial charge in [0.25, 0.3) is 5.91 Å². The third kappa shape index (κ3) is 4.00. The van der Waals surface area contributed by atoms with Crippen LogP contribution in [0.1, 0.15) is 49.9 Å². The fraction of sp³-hybridized carbons (Fsp3) is 0.556. The second-order valence-electron chi connectivity index (χ2n) is 7.63. The van der Waals surface area contributed by atoms with Gasteiger partial charge in [0, 0.05) is 25.2 Å². The SMILES string of the molecule is CC(C)n1c(C(F)(F)F)nc2cc(C(=O)N(C)CC(C)(C)CN)ccc21. The highest BCUT2D eigenvalue weighted by atomic mass is 19.4. The maximum Gasteiger partial charge on any atom is 0.449 e. The minimum absolute atomic E-state index is 0.156. The molecule has 2 rings (SSSR count). The molecule has 1 heterocycles. The summed E-state index contributed by atoms with van der Waals surface area (Å²) in [4.78, 5) is 17.9. The predicted molar refractivity (Wildman–Crippen MR) is 94.9 cm³/mol. The van der Waals surface area contributed by atoms with Crippen LogP contribution in [0.5, 0.6) is 0 Å². The van der Waals surface area contributed by atoms with Crippen molar-refractivity contribution in [1.29, 1.82) is 0 Å². The molecule has 0 atom stereocenters. The summed E-state index contributed by atoms with van der Waals surface area (Å²) in [6.45, 7) is 8.07. The van der Waals surface area contributed by atoms with Crippen LogP contribution in [0.4, 0.5) is 13.2 Å². The summed E-state index contributed by atoms with van der Waals surface area (Å²) in [5.41, 5.74) is 6.26. The maximum absolute atomic E-state index is 13.3. The average molecular weight is 370 g/mol. The zero-order valence-electron chi connectivity index (χ0n) is 15.7. The largest absolute Gasteiger partial charge is 0.449 e. The molecule has 1 aromatic heterocycles. The number of imidazole rings is 1. The fourth-order valence-electron chi connectivity index (χ4n) is 2.95. The Bertz CT molecular complexity index is 809. The standard InChI is InChI=1S/C18H25F3N4O/c1-11(2)25-14-7-6-12(8-13(14)23-16(25)18(19,20)21)15(26)24(5)10-17(3,4)9-22/h6-8,11H,9-10,22H2,1-5H3. The highest BCUT2D eigenvalue weighted by molar-refractivity contribution is 5.97. The first-order valence-corrected chi connectivity index (χ1v) is 8.42. The van der Waals surface area contributed by atoms with Crippen molar-refractivity contribution >= 4 is 16.9 Å². The van der Waals surface area contributed by atoms with Crippen LogP contribution in [-0.4, -0.2) is 40.5 Å². The summed E-state index contributed by atoms with van der Waals surface area (Å²) in [5.74, 6) is -1.23. The first-order chi connectivity index (χ1) is 11.9. The Labute approximate surface area is 151 Å². The van der Waals surface area contributed by atoms with E-state index in [0.717, 1.165) is 4.57 Å². The molecule has 0 aliphatic carbocycles. The first kappa shape index (κ1) is 20.2. The summed E-state index contributed by atoms with van der Waals surface area (Å²) in [7, 11) is 1.65. The van der Waals surface area contributed by atoms with E-state index < -0.39 is 18.0 Å². The molecule has 0 saturated heterocycles. The van der Waals surface area contributed by atoms with Gasteiger partial charge in [0.1, 0.15) is 0 Å². The molecule has 0 fully saturated rings. The highest BCUT2D eigenvalue weighted by Gasteiger charge is 2.38. The second kappa shape index (κ2) is 6.90. The molecule has 0 radical (unpaired) electrons. The lowest BCUT2D eigenvalue weighted by Crippen LogP contribution is -2.39. The molecule has 0 aliphatic heterocycles. The van der Waals surface area contributed by atoms with Crippen LogP contribution in [-0.2, 0) is 6.18 Å². The molecule has 2 N–H and O–H groups in total. The summed E-state index contributed by atoms with van der Waals surface area (Å²) < 4.78 is 41.0. The molecular weight excluding hydrogens is 345 g/mol. The summed E-state index contributed by atoms with van der Waals surface area (Å²) in [6, 6.07) is 4.06. The number of benzene rings is 1. The van der Waals surface area contributed by atoms with Crippen LogP contribution in [0.15, 0.2) is 18.2 Å². The van der Waals surface area contributed by atoms with E-state index in [1.165, 1.54) is 23.1 Å². The van der Waals surface area contributed by atoms with Crippen LogP contribution in [0.2, 0.25) is 0 Å². The van der Waals surface area contributed by atoms with Gasteiger partial charge in [0.15, 0.2) is 0 Å². The minimum atomic E-state index is -4.56. The van der Waals surface area contributed by atoms with Crippen molar-refractivity contribution in [2.75, 3.05) is 20.1 Å². The Morgan fingerprint density at radius 3 is 2.42 bits per heavy atom. The van der Waals surface area contributed by atoms with Crippen LogP contribution >= 0.6 is 0 Å². The van der Waals surface area contributed by atoms with E-state index >= 15 is 0 Å². The predicted octanol–water partition coefficient (Wildman–Crippen LogP) is 3.69. The lowest BCUT2D eigenvalue weighted by atomic mass is 9.93. The van der Waals surface area contributed by atoms with Gasteiger partial charge < -0.3 is 15.2 Å². The molecule has 0 unspecified atom stereocenters. The zero-order chi connectivity index (χ0) is 19.9. The molecule has 1 aromatic carbocycles. The van der Waals surface area contributed by atoms with Crippen molar-refractivity contribution < 1.29 is 18.0 Å². The number of nitrogens with zero attached hydrogens (tertiary/aromatic N) is 3. The van der Waals surface area contributed by atoms with Gasteiger partial charge >= 0.3 is 6.18 Å². The summed E-state index contributed by atoms with van der Waals surface area (Å²) in [5, 5.41) is 0. The first-order valence-electron chi connectivity index (χ1n) is 8.42. The van der Waals surface area contributed by atoms with E-state index in [-0.39, 0.29) is 16.8 Å². The normalized spacial score (nSPS) is 12.8. The quantitative estimate of drug-likeness (QED) is 0.873. The average Bonchev–Trinajstić information content (AvgIpc) is 2.92. The Kier molecular flexibility index (Phi) is 5.37. The molecule has 0 spiro atoms. The number of rotatable bonds is 5. The van der Waals surface area contributed by atoms with Crippen LogP contribution in [0.3, 0.4) is 0 Å². The maximum atomic E-state index is 13.3. The molecule has 26 heavy (non-hydrogen) atoms. The van der Waals surface area contributed by atoms with Crippen molar-refractivity contribution in [1.82, 2.24) is 14.5 Å². The van der Waals surface area contributed by atoms with Gasteiger partial charge in [-0.15, -0.1) is 0 Å². The van der Waals surface area contributed by atoms with E-state index in [0.29, 0.717) is 24.2 Å². The fourth-order valence-corrected chi connectivity index (χ4v) is 2.95. The number of amides is 1. The van der Waals surface area contributed by atoms with Gasteiger partial charge in [-0.05, 0) is 44.0 Å². The van der Waals surface area contributed by atoms with Gasteiger partial charge in [0.2, 0.25) is 5.82 Å². The number of halogens is 3. The number of hydrogen-bond acceptors (Lipinski definition) is 3. The smallest absolute Gasteiger partial charge is 0.341 e. The third-order valence-corrected chi connectivity index (χ3v) is 4.27. The molecule has 0 bridgehead atoms. The molecule has 0 saturated carbocycles. The van der Waals surface area contributed by atoms with E-state index in [9.17, 15) is 18.0 Å². The Hall–Kier alpha value is -2.09. The van der Waals surface area contributed by atoms with Gasteiger partial charge in [-0.1, -0.05) is 13.8 Å². The molecule has 144 valence electrons. The number of hydrogen-bond donors (Lipinski definition) is 1. The van der Waals surface area contributed by atoms with Crippen LogP contribution < -0.4 is 5.73 Å². The number of alkyl halides is 3. The summed E-state index contributed by atoms with van der Waals surface area (Å²) in [6.07, 6.45) is -4.56. The second-order valence-corrected chi connectivity index (χ2v) is 7.63. The summed E-state index contributed by atoms with van der Waals surface area (Å²) >= 11 is 0. The van der Waals surface area contributed by atoms with Crippen molar-refractivity contribution in [3.8, 4) is 0 Å². The Morgan fingerprint density at radius 2 is 1.92 bits per heavy atom. The zero-order valence-corrected chi connectivity index (χ0v) is 15.7. The van der Waals surface area contributed by atoms with Gasteiger partial charge in [-0.3, -0.25) is 4.79 Å². The van der Waals surface area contributed by atoms with Gasteiger partial charge in [-0.25, -0.2) is 4.98 Å². The molecule has 8 heteroatoms. The Balaban J connectivity index is 2.45.